The molecule has 0 bridgehead atoms. The second-order valence-corrected chi connectivity index (χ2v) is 5.83. The van der Waals surface area contributed by atoms with Gasteiger partial charge in [-0.1, -0.05) is 25.1 Å². The Morgan fingerprint density at radius 2 is 2.10 bits per heavy atom. The summed E-state index contributed by atoms with van der Waals surface area (Å²) in [7, 11) is 0. The summed E-state index contributed by atoms with van der Waals surface area (Å²) in [4.78, 5) is 13.6. The van der Waals surface area contributed by atoms with Gasteiger partial charge in [0.25, 0.3) is 0 Å². The molecule has 2 nitrogen and oxygen atoms in total. The zero-order chi connectivity index (χ0) is 14.8. The number of benzene rings is 1. The molecule has 6 heteroatoms. The maximum Gasteiger partial charge on any atom is 0.416 e. The third-order valence-corrected chi connectivity index (χ3v) is 4.45. The molecule has 0 spiro atoms. The minimum absolute atomic E-state index is 0.0699. The molecule has 1 fully saturated rings. The molecule has 0 N–H and O–H groups in total. The highest BCUT2D eigenvalue weighted by Crippen LogP contribution is 2.43. The minimum Gasteiger partial charge on any atom is -0.326 e. The Kier molecular flexibility index (Phi) is 4.62. The van der Waals surface area contributed by atoms with Crippen LogP contribution in [0.25, 0.3) is 0 Å². The third-order valence-electron chi connectivity index (χ3n) is 3.21. The van der Waals surface area contributed by atoms with Crippen molar-refractivity contribution in [1.82, 2.24) is 4.90 Å². The van der Waals surface area contributed by atoms with E-state index in [2.05, 4.69) is 0 Å². The van der Waals surface area contributed by atoms with Crippen LogP contribution >= 0.6 is 11.8 Å². The van der Waals surface area contributed by atoms with Crippen LogP contribution in [0.15, 0.2) is 24.3 Å². The summed E-state index contributed by atoms with van der Waals surface area (Å²) < 4.78 is 39.2. The Bertz CT molecular complexity index is 490. The number of alkyl halides is 3. The lowest BCUT2D eigenvalue weighted by atomic mass is 10.1. The predicted molar refractivity (Wildman–Crippen MR) is 73.3 cm³/mol. The van der Waals surface area contributed by atoms with E-state index in [1.807, 2.05) is 6.92 Å². The highest BCUT2D eigenvalue weighted by Gasteiger charge is 2.39. The van der Waals surface area contributed by atoms with E-state index in [1.165, 1.54) is 23.9 Å². The van der Waals surface area contributed by atoms with Crippen LogP contribution < -0.4 is 0 Å². The first kappa shape index (κ1) is 15.2. The van der Waals surface area contributed by atoms with E-state index in [1.54, 1.807) is 11.0 Å². The minimum atomic E-state index is -4.39. The van der Waals surface area contributed by atoms with Crippen LogP contribution in [0.4, 0.5) is 13.2 Å². The second kappa shape index (κ2) is 6.08. The van der Waals surface area contributed by atoms with Gasteiger partial charge in [0.1, 0.15) is 5.37 Å². The fourth-order valence-corrected chi connectivity index (χ4v) is 3.62. The molecule has 0 aromatic heterocycles. The van der Waals surface area contributed by atoms with Crippen molar-refractivity contribution in [3.8, 4) is 0 Å². The molecule has 1 atom stereocenters. The average molecular weight is 303 g/mol. The van der Waals surface area contributed by atoms with Crippen LogP contribution in [0.5, 0.6) is 0 Å². The van der Waals surface area contributed by atoms with Crippen molar-refractivity contribution in [2.24, 2.45) is 0 Å². The van der Waals surface area contributed by atoms with Crippen LogP contribution in [-0.4, -0.2) is 23.1 Å². The largest absolute Gasteiger partial charge is 0.416 e. The van der Waals surface area contributed by atoms with Crippen LogP contribution in [0, 0.1) is 0 Å². The highest BCUT2D eigenvalue weighted by atomic mass is 32.2. The fraction of sp³-hybridized carbons (Fsp3) is 0.500. The topological polar surface area (TPSA) is 20.3 Å². The Balaban J connectivity index is 2.33. The molecule has 1 aliphatic heterocycles. The van der Waals surface area contributed by atoms with Gasteiger partial charge in [-0.05, 0) is 18.1 Å². The van der Waals surface area contributed by atoms with Gasteiger partial charge >= 0.3 is 6.18 Å². The molecule has 1 aliphatic rings. The molecule has 1 heterocycles. The zero-order valence-corrected chi connectivity index (χ0v) is 11.9. The average Bonchev–Trinajstić information content (AvgIpc) is 2.87. The number of carbonyl (C=O) groups is 1. The molecular weight excluding hydrogens is 287 g/mol. The number of thioether (sulfide) groups is 1. The van der Waals surface area contributed by atoms with Gasteiger partial charge in [0.2, 0.25) is 5.91 Å². The van der Waals surface area contributed by atoms with E-state index in [0.717, 1.165) is 6.07 Å². The Morgan fingerprint density at radius 3 is 2.75 bits per heavy atom. The zero-order valence-electron chi connectivity index (χ0n) is 11.1. The van der Waals surface area contributed by atoms with Crippen molar-refractivity contribution >= 4 is 17.7 Å². The normalized spacial score (nSPS) is 19.4. The lowest BCUT2D eigenvalue weighted by Gasteiger charge is -2.26. The summed E-state index contributed by atoms with van der Waals surface area (Å²) in [5.74, 6) is 0.603. The lowest BCUT2D eigenvalue weighted by molar-refractivity contribution is -0.139. The van der Waals surface area contributed by atoms with E-state index in [4.69, 9.17) is 0 Å². The van der Waals surface area contributed by atoms with Crippen molar-refractivity contribution in [3.05, 3.63) is 35.4 Å². The molecule has 1 saturated heterocycles. The first-order valence-corrected chi connectivity index (χ1v) is 7.57. The lowest BCUT2D eigenvalue weighted by Crippen LogP contribution is -2.31. The summed E-state index contributed by atoms with van der Waals surface area (Å²) in [5.41, 5.74) is -0.458. The number of hydrogen-bond donors (Lipinski definition) is 0. The molecule has 0 aliphatic carbocycles. The number of amides is 1. The smallest absolute Gasteiger partial charge is 0.326 e. The number of halogens is 3. The first-order chi connectivity index (χ1) is 9.45. The van der Waals surface area contributed by atoms with Crippen molar-refractivity contribution < 1.29 is 18.0 Å². The molecule has 20 heavy (non-hydrogen) atoms. The Hall–Kier alpha value is -1.17. The number of hydrogen-bond acceptors (Lipinski definition) is 2. The molecule has 1 aromatic carbocycles. The summed E-state index contributed by atoms with van der Waals surface area (Å²) in [5, 5.41) is -0.521. The highest BCUT2D eigenvalue weighted by molar-refractivity contribution is 7.99. The number of rotatable bonds is 3. The van der Waals surface area contributed by atoms with Crippen LogP contribution in [0.2, 0.25) is 0 Å². The maximum atomic E-state index is 13.1. The SMILES string of the molecule is CCCC(=O)N1CCS[C@H]1c1ccccc1C(F)(F)F. The molecule has 0 radical (unpaired) electrons. The monoisotopic (exact) mass is 303 g/mol. The Morgan fingerprint density at radius 1 is 1.40 bits per heavy atom. The van der Waals surface area contributed by atoms with Crippen LogP contribution in [-0.2, 0) is 11.0 Å². The van der Waals surface area contributed by atoms with E-state index in [0.29, 0.717) is 25.1 Å². The molecule has 1 aromatic rings. The number of carbonyl (C=O) groups excluding carboxylic acids is 1. The molecule has 0 unspecified atom stereocenters. The second-order valence-electron chi connectivity index (χ2n) is 4.65. The van der Waals surface area contributed by atoms with Gasteiger partial charge in [0, 0.05) is 18.7 Å². The molecular formula is C14H16F3NOS. The van der Waals surface area contributed by atoms with Crippen molar-refractivity contribution in [3.63, 3.8) is 0 Å². The predicted octanol–water partition coefficient (Wildman–Crippen LogP) is 4.08. The van der Waals surface area contributed by atoms with Crippen LogP contribution in [0.3, 0.4) is 0 Å². The molecule has 110 valence electrons. The number of nitrogens with zero attached hydrogens (tertiary/aromatic N) is 1. The van der Waals surface area contributed by atoms with Gasteiger partial charge in [-0.15, -0.1) is 11.8 Å². The summed E-state index contributed by atoms with van der Waals surface area (Å²) in [6.45, 7) is 2.40. The van der Waals surface area contributed by atoms with Gasteiger partial charge in [-0.3, -0.25) is 4.79 Å². The summed E-state index contributed by atoms with van der Waals surface area (Å²) >= 11 is 1.39. The van der Waals surface area contributed by atoms with E-state index < -0.39 is 17.1 Å². The van der Waals surface area contributed by atoms with Crippen LogP contribution in [0.1, 0.15) is 36.3 Å². The van der Waals surface area contributed by atoms with E-state index in [9.17, 15) is 18.0 Å². The molecule has 0 saturated carbocycles. The van der Waals surface area contributed by atoms with Gasteiger partial charge in [-0.2, -0.15) is 13.2 Å². The van der Waals surface area contributed by atoms with Gasteiger partial charge in [0.05, 0.1) is 5.56 Å². The fourth-order valence-electron chi connectivity index (χ4n) is 2.31. The quantitative estimate of drug-likeness (QED) is 0.838. The van der Waals surface area contributed by atoms with E-state index >= 15 is 0 Å². The molecule has 1 amide bonds. The van der Waals surface area contributed by atoms with Gasteiger partial charge in [-0.25, -0.2) is 0 Å². The standard InChI is InChI=1S/C14H16F3NOS/c1-2-5-12(19)18-8-9-20-13(18)10-6-3-4-7-11(10)14(15,16)17/h3-4,6-7,13H,2,5,8-9H2,1H3/t13-/m0/s1. The van der Waals surface area contributed by atoms with E-state index in [-0.39, 0.29) is 11.5 Å². The maximum absolute atomic E-state index is 13.1. The van der Waals surface area contributed by atoms with Crippen molar-refractivity contribution in [2.45, 2.75) is 31.3 Å². The van der Waals surface area contributed by atoms with Gasteiger partial charge in [0.15, 0.2) is 0 Å². The summed E-state index contributed by atoms with van der Waals surface area (Å²) in [6, 6.07) is 5.52. The summed E-state index contributed by atoms with van der Waals surface area (Å²) in [6.07, 6.45) is -3.31. The Labute approximate surface area is 120 Å². The van der Waals surface area contributed by atoms with Crippen molar-refractivity contribution in [2.75, 3.05) is 12.3 Å². The van der Waals surface area contributed by atoms with Gasteiger partial charge < -0.3 is 4.90 Å². The molecule has 2 rings (SSSR count). The first-order valence-electron chi connectivity index (χ1n) is 6.52. The third kappa shape index (κ3) is 3.11. The van der Waals surface area contributed by atoms with Crippen molar-refractivity contribution in [1.29, 1.82) is 0 Å².